The van der Waals surface area contributed by atoms with E-state index in [4.69, 9.17) is 11.6 Å². The van der Waals surface area contributed by atoms with Crippen LogP contribution in [0.5, 0.6) is 0 Å². The summed E-state index contributed by atoms with van der Waals surface area (Å²) in [6.45, 7) is 4.70. The Balaban J connectivity index is 1.71. The molecule has 1 aliphatic rings. The lowest BCUT2D eigenvalue weighted by atomic mass is 9.82. The van der Waals surface area contributed by atoms with Gasteiger partial charge >= 0.3 is 0 Å². The minimum absolute atomic E-state index is 0.0184. The van der Waals surface area contributed by atoms with Gasteiger partial charge in [-0.05, 0) is 42.5 Å². The monoisotopic (exact) mass is 320 g/mol. The molecule has 0 atom stereocenters. The number of nitrogens with one attached hydrogen (secondary N) is 2. The number of aliphatic hydroxyl groups excluding tert-OH is 1. The normalized spacial score (nSPS) is 21.1. The van der Waals surface area contributed by atoms with Crippen LogP contribution in [-0.2, 0) is 11.3 Å². The average Bonchev–Trinajstić information content (AvgIpc) is 2.81. The lowest BCUT2D eigenvalue weighted by Gasteiger charge is -2.29. The molecule has 1 saturated carbocycles. The highest BCUT2D eigenvalue weighted by Gasteiger charge is 2.32. The quantitative estimate of drug-likeness (QED) is 0.809. The van der Waals surface area contributed by atoms with Crippen molar-refractivity contribution < 1.29 is 9.90 Å². The van der Waals surface area contributed by atoms with Crippen LogP contribution in [0.4, 0.5) is 0 Å². The summed E-state index contributed by atoms with van der Waals surface area (Å²) >= 11 is 6.31. The van der Waals surface area contributed by atoms with Gasteiger partial charge in [0.2, 0.25) is 5.91 Å². The molecule has 22 heavy (non-hydrogen) atoms. The molecule has 0 bridgehead atoms. The van der Waals surface area contributed by atoms with Crippen molar-refractivity contribution in [2.45, 2.75) is 45.3 Å². The number of aromatic nitrogens is 1. The summed E-state index contributed by atoms with van der Waals surface area (Å²) in [5, 5.41) is 14.0. The summed E-state index contributed by atoms with van der Waals surface area (Å²) in [4.78, 5) is 15.2. The highest BCUT2D eigenvalue weighted by atomic mass is 35.5. The van der Waals surface area contributed by atoms with Crippen LogP contribution in [0.2, 0.25) is 5.02 Å². The third kappa shape index (κ3) is 2.99. The third-order valence-corrected chi connectivity index (χ3v) is 4.68. The molecule has 0 aliphatic heterocycles. The molecule has 0 unspecified atom stereocenters. The Labute approximate surface area is 134 Å². The molecule has 118 valence electrons. The summed E-state index contributed by atoms with van der Waals surface area (Å²) < 4.78 is 0. The van der Waals surface area contributed by atoms with E-state index in [1.807, 2.05) is 12.1 Å². The Hall–Kier alpha value is -1.52. The van der Waals surface area contributed by atoms with E-state index in [0.717, 1.165) is 27.2 Å². The second-order valence-corrected chi connectivity index (χ2v) is 6.86. The number of halogens is 1. The Morgan fingerprint density at radius 2 is 2.14 bits per heavy atom. The predicted octanol–water partition coefficient (Wildman–Crippen LogP) is 3.33. The number of benzene rings is 1. The first-order chi connectivity index (χ1) is 10.4. The molecule has 0 radical (unpaired) electrons. The third-order valence-electron chi connectivity index (χ3n) is 4.35. The van der Waals surface area contributed by atoms with E-state index in [9.17, 15) is 9.90 Å². The number of hydrogen-bond donors (Lipinski definition) is 3. The molecular weight excluding hydrogens is 300 g/mol. The maximum Gasteiger partial charge on any atom is 0.223 e. The van der Waals surface area contributed by atoms with Gasteiger partial charge < -0.3 is 15.4 Å². The minimum Gasteiger partial charge on any atom is -0.393 e. The summed E-state index contributed by atoms with van der Waals surface area (Å²) in [7, 11) is 0. The molecule has 1 aliphatic carbocycles. The summed E-state index contributed by atoms with van der Waals surface area (Å²) in [5.41, 5.74) is 3.12. The van der Waals surface area contributed by atoms with E-state index in [1.54, 1.807) is 0 Å². The van der Waals surface area contributed by atoms with Gasteiger partial charge in [-0.3, -0.25) is 4.79 Å². The second-order valence-electron chi connectivity index (χ2n) is 6.45. The fraction of sp³-hybridized carbons (Fsp3) is 0.471. The Bertz CT molecular complexity index is 702. The van der Waals surface area contributed by atoms with E-state index < -0.39 is 0 Å². The van der Waals surface area contributed by atoms with Crippen LogP contribution in [0, 0.1) is 5.92 Å². The van der Waals surface area contributed by atoms with E-state index in [1.165, 1.54) is 0 Å². The molecule has 5 heteroatoms. The van der Waals surface area contributed by atoms with Gasteiger partial charge in [-0.1, -0.05) is 25.4 Å². The number of H-pyrrole nitrogens is 1. The van der Waals surface area contributed by atoms with Crippen LogP contribution in [0.15, 0.2) is 18.2 Å². The van der Waals surface area contributed by atoms with E-state index >= 15 is 0 Å². The van der Waals surface area contributed by atoms with Gasteiger partial charge in [0.25, 0.3) is 0 Å². The Morgan fingerprint density at radius 1 is 1.41 bits per heavy atom. The molecule has 0 saturated heterocycles. The van der Waals surface area contributed by atoms with Crippen LogP contribution in [0.1, 0.15) is 43.9 Å². The topological polar surface area (TPSA) is 65.1 Å². The first kappa shape index (κ1) is 15.4. The molecule has 1 aromatic heterocycles. The maximum absolute atomic E-state index is 11.9. The van der Waals surface area contributed by atoms with Crippen LogP contribution in [-0.4, -0.2) is 22.1 Å². The van der Waals surface area contributed by atoms with Gasteiger partial charge in [0.05, 0.1) is 12.6 Å². The zero-order chi connectivity index (χ0) is 15.9. The van der Waals surface area contributed by atoms with Crippen LogP contribution in [0.3, 0.4) is 0 Å². The van der Waals surface area contributed by atoms with E-state index in [-0.39, 0.29) is 17.9 Å². The fourth-order valence-electron chi connectivity index (χ4n) is 2.90. The maximum atomic E-state index is 11.9. The molecular formula is C17H21ClN2O2. The minimum atomic E-state index is -0.305. The van der Waals surface area contributed by atoms with Crippen LogP contribution >= 0.6 is 11.6 Å². The van der Waals surface area contributed by atoms with Crippen molar-refractivity contribution in [3.05, 3.63) is 34.5 Å². The Kier molecular flexibility index (Phi) is 4.15. The first-order valence-electron chi connectivity index (χ1n) is 7.71. The van der Waals surface area contributed by atoms with Gasteiger partial charge in [-0.2, -0.15) is 0 Å². The number of fused-ring (bicyclic) bond motifs is 1. The summed E-state index contributed by atoms with van der Waals surface area (Å²) in [5.74, 6) is 0.347. The molecule has 1 aromatic carbocycles. The number of hydrogen-bond acceptors (Lipinski definition) is 2. The van der Waals surface area contributed by atoms with Crippen molar-refractivity contribution in [3.8, 4) is 0 Å². The lowest BCUT2D eigenvalue weighted by Crippen LogP contribution is -2.40. The highest BCUT2D eigenvalue weighted by molar-refractivity contribution is 6.32. The molecule has 0 spiro atoms. The van der Waals surface area contributed by atoms with Crippen molar-refractivity contribution >= 4 is 28.4 Å². The smallest absolute Gasteiger partial charge is 0.223 e. The molecule has 1 amide bonds. The largest absolute Gasteiger partial charge is 0.393 e. The van der Waals surface area contributed by atoms with Gasteiger partial charge in [-0.25, -0.2) is 0 Å². The van der Waals surface area contributed by atoms with Crippen molar-refractivity contribution in [3.63, 3.8) is 0 Å². The number of amides is 1. The van der Waals surface area contributed by atoms with Crippen LogP contribution in [0.25, 0.3) is 10.9 Å². The van der Waals surface area contributed by atoms with Gasteiger partial charge in [0, 0.05) is 27.5 Å². The number of carbonyl (C=O) groups is 1. The van der Waals surface area contributed by atoms with Gasteiger partial charge in [-0.15, -0.1) is 0 Å². The summed E-state index contributed by atoms with van der Waals surface area (Å²) in [6.07, 6.45) is 0.845. The highest BCUT2D eigenvalue weighted by Crippen LogP contribution is 2.30. The predicted molar refractivity (Wildman–Crippen MR) is 88.0 cm³/mol. The zero-order valence-electron chi connectivity index (χ0n) is 12.8. The summed E-state index contributed by atoms with van der Waals surface area (Å²) in [6, 6.07) is 6.06. The van der Waals surface area contributed by atoms with Crippen molar-refractivity contribution in [1.82, 2.24) is 10.3 Å². The van der Waals surface area contributed by atoms with E-state index in [0.29, 0.717) is 25.3 Å². The van der Waals surface area contributed by atoms with Crippen LogP contribution < -0.4 is 5.32 Å². The zero-order valence-corrected chi connectivity index (χ0v) is 13.6. The Morgan fingerprint density at radius 3 is 2.77 bits per heavy atom. The molecule has 1 heterocycles. The SMILES string of the molecule is CC(C)c1cc2[nH]c(CNC(=O)C3CC(O)C3)cc2cc1Cl. The number of carbonyl (C=O) groups excluding carboxylic acids is 1. The van der Waals surface area contributed by atoms with Crippen molar-refractivity contribution in [1.29, 1.82) is 0 Å². The number of aromatic amines is 1. The number of aliphatic hydroxyl groups is 1. The lowest BCUT2D eigenvalue weighted by molar-refractivity contribution is -0.131. The second kappa shape index (κ2) is 5.94. The van der Waals surface area contributed by atoms with Gasteiger partial charge in [0.15, 0.2) is 0 Å². The molecule has 1 fully saturated rings. The molecule has 4 nitrogen and oxygen atoms in total. The molecule has 3 rings (SSSR count). The fourth-order valence-corrected chi connectivity index (χ4v) is 3.29. The molecule has 3 N–H and O–H groups in total. The van der Waals surface area contributed by atoms with E-state index in [2.05, 4.69) is 30.2 Å². The van der Waals surface area contributed by atoms with Gasteiger partial charge in [0.1, 0.15) is 0 Å². The average molecular weight is 321 g/mol. The first-order valence-corrected chi connectivity index (χ1v) is 8.08. The van der Waals surface area contributed by atoms with Crippen molar-refractivity contribution in [2.75, 3.05) is 0 Å². The number of rotatable bonds is 4. The molecule has 2 aromatic rings. The standard InChI is InChI=1S/C17H21ClN2O2/c1-9(2)14-7-16-10(6-15(14)18)3-12(20-16)8-19-17(22)11-4-13(21)5-11/h3,6-7,9,11,13,20-21H,4-5,8H2,1-2H3,(H,19,22). The van der Waals surface area contributed by atoms with Crippen molar-refractivity contribution in [2.24, 2.45) is 5.92 Å².